The number of nitrogens with one attached hydrogen (secondary N) is 2. The van der Waals surface area contributed by atoms with Gasteiger partial charge in [0.15, 0.2) is 0 Å². The average Bonchev–Trinajstić information content (AvgIpc) is 2.88. The molecule has 0 saturated carbocycles. The highest BCUT2D eigenvalue weighted by atomic mass is 19.1. The maximum atomic E-state index is 13.8. The van der Waals surface area contributed by atoms with Gasteiger partial charge in [0.1, 0.15) is 11.6 Å². The van der Waals surface area contributed by atoms with Crippen LogP contribution in [0.25, 0.3) is 0 Å². The van der Waals surface area contributed by atoms with Crippen LogP contribution in [0, 0.1) is 11.6 Å². The van der Waals surface area contributed by atoms with Crippen LogP contribution in [0.2, 0.25) is 0 Å². The third kappa shape index (κ3) is 9.38. The summed E-state index contributed by atoms with van der Waals surface area (Å²) in [7, 11) is 0. The van der Waals surface area contributed by atoms with Crippen LogP contribution in [0.3, 0.4) is 0 Å². The molecule has 4 nitrogen and oxygen atoms in total. The standard InChI is InChI=1S/C31H38F2N2O2/c1-3-5-6-9-23-11-8-13-26(15-23)31(37)35-29(18-25-16-27(32)19-28(33)17-25)30(36)21-34-20-24-12-7-10-22(4-2)14-24/h7-8,10-17,19,29-30,34,36H,3-6,9,18,20-21H2,1-2H3,(H,35,37)/t29-,30-/m0/s1. The van der Waals surface area contributed by atoms with Gasteiger partial charge < -0.3 is 15.7 Å². The van der Waals surface area contributed by atoms with Crippen molar-refractivity contribution in [2.75, 3.05) is 6.54 Å². The van der Waals surface area contributed by atoms with Gasteiger partial charge in [-0.15, -0.1) is 0 Å². The number of amides is 1. The Labute approximate surface area is 219 Å². The van der Waals surface area contributed by atoms with Gasteiger partial charge in [-0.2, -0.15) is 0 Å². The molecule has 0 bridgehead atoms. The highest BCUT2D eigenvalue weighted by Crippen LogP contribution is 2.14. The summed E-state index contributed by atoms with van der Waals surface area (Å²) in [6.07, 6.45) is 4.26. The van der Waals surface area contributed by atoms with E-state index in [-0.39, 0.29) is 18.9 Å². The number of carbonyl (C=O) groups is 1. The molecule has 0 spiro atoms. The number of hydrogen-bond donors (Lipinski definition) is 3. The van der Waals surface area contributed by atoms with Crippen molar-refractivity contribution in [2.45, 2.75) is 71.1 Å². The van der Waals surface area contributed by atoms with Crippen LogP contribution < -0.4 is 10.6 Å². The fraction of sp³-hybridized carbons (Fsp3) is 0.387. The molecule has 0 radical (unpaired) electrons. The first-order chi connectivity index (χ1) is 17.9. The molecule has 0 heterocycles. The van der Waals surface area contributed by atoms with Gasteiger partial charge in [0, 0.05) is 24.7 Å². The minimum absolute atomic E-state index is 0.0881. The van der Waals surface area contributed by atoms with Gasteiger partial charge >= 0.3 is 0 Å². The van der Waals surface area contributed by atoms with E-state index in [2.05, 4.69) is 36.6 Å². The first-order valence-electron chi connectivity index (χ1n) is 13.2. The smallest absolute Gasteiger partial charge is 0.251 e. The van der Waals surface area contributed by atoms with E-state index in [1.54, 1.807) is 6.07 Å². The summed E-state index contributed by atoms with van der Waals surface area (Å²) in [5, 5.41) is 17.2. The molecule has 3 aromatic carbocycles. The van der Waals surface area contributed by atoms with E-state index in [9.17, 15) is 18.7 Å². The molecule has 37 heavy (non-hydrogen) atoms. The van der Waals surface area contributed by atoms with Crippen LogP contribution in [-0.2, 0) is 25.8 Å². The highest BCUT2D eigenvalue weighted by molar-refractivity contribution is 5.94. The Morgan fingerprint density at radius 1 is 0.865 bits per heavy atom. The summed E-state index contributed by atoms with van der Waals surface area (Å²) in [5.74, 6) is -1.71. The van der Waals surface area contributed by atoms with Crippen LogP contribution >= 0.6 is 0 Å². The Morgan fingerprint density at radius 3 is 2.30 bits per heavy atom. The van der Waals surface area contributed by atoms with E-state index in [0.717, 1.165) is 49.3 Å². The average molecular weight is 509 g/mol. The van der Waals surface area contributed by atoms with E-state index in [4.69, 9.17) is 0 Å². The lowest BCUT2D eigenvalue weighted by atomic mass is 9.99. The van der Waals surface area contributed by atoms with E-state index in [1.165, 1.54) is 17.7 Å². The van der Waals surface area contributed by atoms with Crippen molar-refractivity contribution in [3.8, 4) is 0 Å². The Kier molecular flexibility index (Phi) is 11.2. The second-order valence-electron chi connectivity index (χ2n) is 9.59. The molecule has 0 aliphatic heterocycles. The van der Waals surface area contributed by atoms with E-state index >= 15 is 0 Å². The summed E-state index contributed by atoms with van der Waals surface area (Å²) in [6, 6.07) is 18.2. The molecule has 6 heteroatoms. The van der Waals surface area contributed by atoms with Crippen molar-refractivity contribution in [3.63, 3.8) is 0 Å². The molecule has 0 fully saturated rings. The molecule has 2 atom stereocenters. The topological polar surface area (TPSA) is 61.4 Å². The minimum Gasteiger partial charge on any atom is -0.390 e. The molecule has 0 aliphatic rings. The van der Waals surface area contributed by atoms with Gasteiger partial charge in [-0.3, -0.25) is 4.79 Å². The lowest BCUT2D eigenvalue weighted by Crippen LogP contribution is -2.48. The number of aliphatic hydroxyl groups excluding tert-OH is 1. The van der Waals surface area contributed by atoms with E-state index < -0.39 is 23.8 Å². The van der Waals surface area contributed by atoms with Gasteiger partial charge in [0.2, 0.25) is 0 Å². The Morgan fingerprint density at radius 2 is 1.57 bits per heavy atom. The van der Waals surface area contributed by atoms with Crippen molar-refractivity contribution in [1.82, 2.24) is 10.6 Å². The van der Waals surface area contributed by atoms with E-state index in [1.807, 2.05) is 30.3 Å². The molecular weight excluding hydrogens is 470 g/mol. The van der Waals surface area contributed by atoms with Gasteiger partial charge in [0.05, 0.1) is 12.1 Å². The first kappa shape index (κ1) is 28.5. The van der Waals surface area contributed by atoms with Crippen molar-refractivity contribution in [2.24, 2.45) is 0 Å². The Bertz CT molecular complexity index is 1130. The molecule has 3 N–H and O–H groups in total. The van der Waals surface area contributed by atoms with Gasteiger partial charge in [-0.05, 0) is 72.2 Å². The van der Waals surface area contributed by atoms with E-state index in [0.29, 0.717) is 17.7 Å². The second-order valence-corrected chi connectivity index (χ2v) is 9.59. The summed E-state index contributed by atoms with van der Waals surface area (Å²) < 4.78 is 27.7. The zero-order valence-electron chi connectivity index (χ0n) is 21.8. The van der Waals surface area contributed by atoms with Gasteiger partial charge in [-0.1, -0.05) is 63.1 Å². The molecule has 0 unspecified atom stereocenters. The van der Waals surface area contributed by atoms with Crippen LogP contribution in [0.15, 0.2) is 66.7 Å². The van der Waals surface area contributed by atoms with Crippen molar-refractivity contribution in [3.05, 3.63) is 106 Å². The number of unbranched alkanes of at least 4 members (excludes halogenated alkanes) is 2. The quantitative estimate of drug-likeness (QED) is 0.243. The number of aryl methyl sites for hydroxylation is 2. The third-order valence-corrected chi connectivity index (χ3v) is 6.50. The summed E-state index contributed by atoms with van der Waals surface area (Å²) >= 11 is 0. The van der Waals surface area contributed by atoms with Gasteiger partial charge in [-0.25, -0.2) is 8.78 Å². The normalized spacial score (nSPS) is 12.8. The highest BCUT2D eigenvalue weighted by Gasteiger charge is 2.23. The van der Waals surface area contributed by atoms with Crippen LogP contribution in [0.1, 0.15) is 65.7 Å². The summed E-state index contributed by atoms with van der Waals surface area (Å²) in [6.45, 7) is 5.01. The van der Waals surface area contributed by atoms with Crippen molar-refractivity contribution < 1.29 is 18.7 Å². The fourth-order valence-electron chi connectivity index (χ4n) is 4.43. The van der Waals surface area contributed by atoms with Crippen LogP contribution in [-0.4, -0.2) is 29.7 Å². The molecule has 1 amide bonds. The number of hydrogen-bond acceptors (Lipinski definition) is 3. The first-order valence-corrected chi connectivity index (χ1v) is 13.2. The van der Waals surface area contributed by atoms with Crippen molar-refractivity contribution in [1.29, 1.82) is 0 Å². The third-order valence-electron chi connectivity index (χ3n) is 6.50. The van der Waals surface area contributed by atoms with Gasteiger partial charge in [0.25, 0.3) is 5.91 Å². The fourth-order valence-corrected chi connectivity index (χ4v) is 4.43. The molecular formula is C31H38F2N2O2. The zero-order chi connectivity index (χ0) is 26.6. The predicted molar refractivity (Wildman–Crippen MR) is 145 cm³/mol. The Balaban J connectivity index is 1.70. The summed E-state index contributed by atoms with van der Waals surface area (Å²) in [4.78, 5) is 13.1. The monoisotopic (exact) mass is 508 g/mol. The summed E-state index contributed by atoms with van der Waals surface area (Å²) in [5.41, 5.74) is 4.28. The lowest BCUT2D eigenvalue weighted by molar-refractivity contribution is 0.0829. The number of carbonyl (C=O) groups excluding carboxylic acids is 1. The number of benzene rings is 3. The molecule has 0 aromatic heterocycles. The second kappa shape index (κ2) is 14.6. The molecule has 198 valence electrons. The largest absolute Gasteiger partial charge is 0.390 e. The molecule has 3 rings (SSSR count). The molecule has 0 saturated heterocycles. The molecule has 0 aliphatic carbocycles. The predicted octanol–water partition coefficient (Wildman–Crippen LogP) is 5.75. The SMILES string of the molecule is CCCCCc1cccc(C(=O)N[C@@H](Cc2cc(F)cc(F)c2)[C@@H](O)CNCc2cccc(CC)c2)c1. The molecule has 3 aromatic rings. The maximum absolute atomic E-state index is 13.8. The lowest BCUT2D eigenvalue weighted by Gasteiger charge is -2.25. The van der Waals surface area contributed by atoms with Crippen LogP contribution in [0.5, 0.6) is 0 Å². The number of rotatable bonds is 14. The zero-order valence-corrected chi connectivity index (χ0v) is 21.8. The Hall–Kier alpha value is -3.09. The number of halogens is 2. The van der Waals surface area contributed by atoms with Crippen LogP contribution in [0.4, 0.5) is 8.78 Å². The minimum atomic E-state index is -0.975. The maximum Gasteiger partial charge on any atom is 0.251 e. The number of aliphatic hydroxyl groups is 1. The van der Waals surface area contributed by atoms with Crippen molar-refractivity contribution >= 4 is 5.91 Å².